The lowest BCUT2D eigenvalue weighted by molar-refractivity contribution is 0.0544. The summed E-state index contributed by atoms with van der Waals surface area (Å²) in [5, 5.41) is 0. The Bertz CT molecular complexity index is 428. The Labute approximate surface area is 113 Å². The molecule has 0 atom stereocenters. The van der Waals surface area contributed by atoms with Crippen LogP contribution in [0.15, 0.2) is 18.2 Å². The van der Waals surface area contributed by atoms with Crippen molar-refractivity contribution in [2.45, 2.75) is 19.3 Å². The molecule has 4 heteroatoms. The Morgan fingerprint density at radius 2 is 1.95 bits per heavy atom. The Morgan fingerprint density at radius 1 is 1.11 bits per heavy atom. The molecule has 0 aliphatic heterocycles. The molecular formula is C15H20O4. The van der Waals surface area contributed by atoms with E-state index in [-0.39, 0.29) is 5.78 Å². The van der Waals surface area contributed by atoms with Crippen molar-refractivity contribution in [3.05, 3.63) is 29.3 Å². The van der Waals surface area contributed by atoms with Crippen LogP contribution >= 0.6 is 0 Å². The molecule has 4 nitrogen and oxygen atoms in total. The Kier molecular flexibility index (Phi) is 5.36. The molecule has 0 saturated carbocycles. The molecule has 1 aromatic carbocycles. The van der Waals surface area contributed by atoms with Crippen LogP contribution in [0.5, 0.6) is 5.75 Å². The molecule has 1 aliphatic carbocycles. The summed E-state index contributed by atoms with van der Waals surface area (Å²) in [6.45, 7) is 2.17. The van der Waals surface area contributed by atoms with Gasteiger partial charge in [-0.3, -0.25) is 4.79 Å². The molecule has 0 bridgehead atoms. The molecule has 0 unspecified atom stereocenters. The van der Waals surface area contributed by atoms with Crippen LogP contribution < -0.4 is 4.74 Å². The highest BCUT2D eigenvalue weighted by atomic mass is 16.5. The van der Waals surface area contributed by atoms with Crippen LogP contribution in [0.4, 0.5) is 0 Å². The number of methoxy groups -OCH3 is 1. The average molecular weight is 264 g/mol. The first-order valence-electron chi connectivity index (χ1n) is 6.67. The third-order valence-electron chi connectivity index (χ3n) is 3.16. The predicted molar refractivity (Wildman–Crippen MR) is 71.9 cm³/mol. The second-order valence-electron chi connectivity index (χ2n) is 4.55. The zero-order valence-electron chi connectivity index (χ0n) is 11.3. The average Bonchev–Trinajstić information content (AvgIpc) is 2.43. The molecule has 1 aromatic rings. The topological polar surface area (TPSA) is 44.8 Å². The van der Waals surface area contributed by atoms with Gasteiger partial charge in [0.25, 0.3) is 0 Å². The number of rotatable bonds is 7. The van der Waals surface area contributed by atoms with Gasteiger partial charge in [-0.2, -0.15) is 0 Å². The smallest absolute Gasteiger partial charge is 0.163 e. The highest BCUT2D eigenvalue weighted by Gasteiger charge is 2.17. The zero-order chi connectivity index (χ0) is 13.5. The highest BCUT2D eigenvalue weighted by molar-refractivity contribution is 5.98. The van der Waals surface area contributed by atoms with Gasteiger partial charge >= 0.3 is 0 Å². The summed E-state index contributed by atoms with van der Waals surface area (Å²) in [4.78, 5) is 11.8. The minimum atomic E-state index is 0.225. The molecule has 0 amide bonds. The van der Waals surface area contributed by atoms with Crippen molar-refractivity contribution in [3.63, 3.8) is 0 Å². The number of ketones is 1. The van der Waals surface area contributed by atoms with Crippen molar-refractivity contribution >= 4 is 5.78 Å². The van der Waals surface area contributed by atoms with Gasteiger partial charge in [0.1, 0.15) is 12.4 Å². The maximum absolute atomic E-state index is 11.8. The number of ether oxygens (including phenoxy) is 3. The van der Waals surface area contributed by atoms with E-state index in [0.717, 1.165) is 29.7 Å². The first kappa shape index (κ1) is 14.0. The summed E-state index contributed by atoms with van der Waals surface area (Å²) in [6, 6.07) is 5.77. The number of fused-ring (bicyclic) bond motifs is 1. The summed E-state index contributed by atoms with van der Waals surface area (Å²) in [7, 11) is 1.64. The molecule has 0 N–H and O–H groups in total. The van der Waals surface area contributed by atoms with Gasteiger partial charge in [0, 0.05) is 19.1 Å². The van der Waals surface area contributed by atoms with Crippen molar-refractivity contribution in [2.75, 3.05) is 33.5 Å². The molecule has 2 rings (SSSR count). The lowest BCUT2D eigenvalue weighted by Gasteiger charge is -2.16. The molecule has 0 aromatic heterocycles. The highest BCUT2D eigenvalue weighted by Crippen LogP contribution is 2.25. The van der Waals surface area contributed by atoms with Crippen LogP contribution in [0.3, 0.4) is 0 Å². The molecule has 0 fully saturated rings. The number of benzene rings is 1. The van der Waals surface area contributed by atoms with Crippen LogP contribution in [0.25, 0.3) is 0 Å². The first-order chi connectivity index (χ1) is 9.31. The van der Waals surface area contributed by atoms with Crippen LogP contribution in [0, 0.1) is 0 Å². The standard InChI is InChI=1S/C15H20O4/c1-17-7-8-18-9-10-19-13-6-5-12-3-2-4-15(16)14(12)11-13/h5-6,11H,2-4,7-10H2,1H3. The lowest BCUT2D eigenvalue weighted by Crippen LogP contribution is -2.12. The van der Waals surface area contributed by atoms with Crippen molar-refractivity contribution < 1.29 is 19.0 Å². The normalized spacial score (nSPS) is 14.3. The van der Waals surface area contributed by atoms with E-state index in [1.807, 2.05) is 18.2 Å². The summed E-state index contributed by atoms with van der Waals surface area (Å²) < 4.78 is 15.8. The predicted octanol–water partition coefficient (Wildman–Crippen LogP) is 2.25. The molecular weight excluding hydrogens is 244 g/mol. The van der Waals surface area contributed by atoms with Gasteiger partial charge in [0.15, 0.2) is 5.78 Å². The quantitative estimate of drug-likeness (QED) is 0.709. The Balaban J connectivity index is 1.81. The monoisotopic (exact) mass is 264 g/mol. The van der Waals surface area contributed by atoms with Crippen LogP contribution in [0.2, 0.25) is 0 Å². The second-order valence-corrected chi connectivity index (χ2v) is 4.55. The number of hydrogen-bond donors (Lipinski definition) is 0. The fraction of sp³-hybridized carbons (Fsp3) is 0.533. The molecule has 0 spiro atoms. The van der Waals surface area contributed by atoms with Crippen LogP contribution in [0.1, 0.15) is 28.8 Å². The van der Waals surface area contributed by atoms with Gasteiger partial charge in [-0.1, -0.05) is 6.07 Å². The Hall–Kier alpha value is -1.39. The van der Waals surface area contributed by atoms with Crippen LogP contribution in [-0.2, 0) is 15.9 Å². The summed E-state index contributed by atoms with van der Waals surface area (Å²) in [5.41, 5.74) is 1.96. The molecule has 0 radical (unpaired) electrons. The lowest BCUT2D eigenvalue weighted by atomic mass is 9.90. The van der Waals surface area contributed by atoms with Gasteiger partial charge in [-0.05, 0) is 30.5 Å². The minimum Gasteiger partial charge on any atom is -0.491 e. The van der Waals surface area contributed by atoms with Gasteiger partial charge < -0.3 is 14.2 Å². The maximum atomic E-state index is 11.8. The largest absolute Gasteiger partial charge is 0.491 e. The van der Waals surface area contributed by atoms with Gasteiger partial charge in [0.2, 0.25) is 0 Å². The molecule has 1 aliphatic rings. The fourth-order valence-electron chi connectivity index (χ4n) is 2.16. The number of hydrogen-bond acceptors (Lipinski definition) is 4. The number of carbonyl (C=O) groups is 1. The van der Waals surface area contributed by atoms with Gasteiger partial charge in [0.05, 0.1) is 19.8 Å². The summed E-state index contributed by atoms with van der Waals surface area (Å²) >= 11 is 0. The number of carbonyl (C=O) groups excluding carboxylic acids is 1. The summed E-state index contributed by atoms with van der Waals surface area (Å²) in [5.74, 6) is 0.965. The van der Waals surface area contributed by atoms with E-state index in [1.165, 1.54) is 0 Å². The first-order valence-corrected chi connectivity index (χ1v) is 6.67. The number of aryl methyl sites for hydroxylation is 1. The van der Waals surface area contributed by atoms with E-state index in [2.05, 4.69) is 0 Å². The van der Waals surface area contributed by atoms with E-state index in [9.17, 15) is 4.79 Å². The maximum Gasteiger partial charge on any atom is 0.163 e. The summed E-state index contributed by atoms with van der Waals surface area (Å²) in [6.07, 6.45) is 2.59. The second kappa shape index (κ2) is 7.26. The molecule has 104 valence electrons. The van der Waals surface area contributed by atoms with E-state index in [0.29, 0.717) is 32.8 Å². The molecule has 0 heterocycles. The van der Waals surface area contributed by atoms with Crippen molar-refractivity contribution in [1.82, 2.24) is 0 Å². The van der Waals surface area contributed by atoms with Crippen molar-refractivity contribution in [3.8, 4) is 5.75 Å². The third-order valence-corrected chi connectivity index (χ3v) is 3.16. The third kappa shape index (κ3) is 4.04. The van der Waals surface area contributed by atoms with E-state index in [1.54, 1.807) is 7.11 Å². The van der Waals surface area contributed by atoms with Crippen LogP contribution in [-0.4, -0.2) is 39.3 Å². The van der Waals surface area contributed by atoms with E-state index >= 15 is 0 Å². The van der Waals surface area contributed by atoms with Gasteiger partial charge in [-0.25, -0.2) is 0 Å². The zero-order valence-corrected chi connectivity index (χ0v) is 11.3. The van der Waals surface area contributed by atoms with E-state index < -0.39 is 0 Å². The number of Topliss-reactive ketones (excluding diaryl/α,β-unsaturated/α-hetero) is 1. The van der Waals surface area contributed by atoms with Crippen molar-refractivity contribution in [2.24, 2.45) is 0 Å². The molecule has 0 saturated heterocycles. The minimum absolute atomic E-state index is 0.225. The van der Waals surface area contributed by atoms with E-state index in [4.69, 9.17) is 14.2 Å². The SMILES string of the molecule is COCCOCCOc1ccc2c(c1)C(=O)CCC2. The van der Waals surface area contributed by atoms with Crippen molar-refractivity contribution in [1.29, 1.82) is 0 Å². The molecule has 19 heavy (non-hydrogen) atoms. The van der Waals surface area contributed by atoms with Gasteiger partial charge in [-0.15, -0.1) is 0 Å². The fourth-order valence-corrected chi connectivity index (χ4v) is 2.16. The Morgan fingerprint density at radius 3 is 2.79 bits per heavy atom.